The van der Waals surface area contributed by atoms with Gasteiger partial charge in [0.1, 0.15) is 11.8 Å². The summed E-state index contributed by atoms with van der Waals surface area (Å²) in [5.74, 6) is 0.302. The molecule has 0 aliphatic heterocycles. The number of aromatic nitrogens is 4. The predicted octanol–water partition coefficient (Wildman–Crippen LogP) is -0.120. The molecule has 2 aromatic heterocycles. The van der Waals surface area contributed by atoms with Gasteiger partial charge in [-0.2, -0.15) is 0 Å². The minimum Gasteiger partial charge on any atom is -0.394 e. The van der Waals surface area contributed by atoms with E-state index in [-0.39, 0.29) is 19.3 Å². The summed E-state index contributed by atoms with van der Waals surface area (Å²) in [6.45, 7) is 3.50. The fourth-order valence-electron chi connectivity index (χ4n) is 1.79. The van der Waals surface area contributed by atoms with E-state index in [1.807, 2.05) is 0 Å². The van der Waals surface area contributed by atoms with Gasteiger partial charge < -0.3 is 20.5 Å². The molecule has 0 radical (unpaired) electrons. The van der Waals surface area contributed by atoms with Crippen LogP contribution in [0.2, 0.25) is 0 Å². The Balaban J connectivity index is 2.40. The van der Waals surface area contributed by atoms with Crippen molar-refractivity contribution in [3.05, 3.63) is 24.8 Å². The monoisotopic (exact) mass is 249 g/mol. The highest BCUT2D eigenvalue weighted by Gasteiger charge is 2.16. The Kier molecular flexibility index (Phi) is 3.54. The first-order chi connectivity index (χ1) is 8.67. The smallest absolute Gasteiger partial charge is 0.165 e. The van der Waals surface area contributed by atoms with Crippen molar-refractivity contribution in [2.75, 3.05) is 18.9 Å². The third-order valence-corrected chi connectivity index (χ3v) is 2.74. The number of hydrogen-bond donors (Lipinski definition) is 3. The molecule has 0 fully saturated rings. The molecule has 2 heterocycles. The number of aliphatic hydroxyl groups excluding tert-OH is 2. The molecule has 0 aromatic carbocycles. The lowest BCUT2D eigenvalue weighted by Crippen LogP contribution is -2.14. The maximum atomic E-state index is 9.42. The van der Waals surface area contributed by atoms with Crippen LogP contribution in [-0.4, -0.2) is 42.9 Å². The Hall–Kier alpha value is -1.99. The molecule has 0 amide bonds. The van der Waals surface area contributed by atoms with Crippen LogP contribution in [0.15, 0.2) is 24.8 Å². The van der Waals surface area contributed by atoms with Crippen LogP contribution in [0.4, 0.5) is 5.82 Å². The minimum absolute atomic E-state index is 0.103. The molecule has 0 spiro atoms. The van der Waals surface area contributed by atoms with Crippen LogP contribution in [0.5, 0.6) is 0 Å². The Morgan fingerprint density at radius 3 is 2.83 bits per heavy atom. The van der Waals surface area contributed by atoms with Crippen molar-refractivity contribution in [3.8, 4) is 0 Å². The summed E-state index contributed by atoms with van der Waals surface area (Å²) in [5, 5.41) is 18.4. The second kappa shape index (κ2) is 5.11. The molecule has 0 saturated heterocycles. The van der Waals surface area contributed by atoms with Crippen molar-refractivity contribution in [1.29, 1.82) is 0 Å². The lowest BCUT2D eigenvalue weighted by molar-refractivity contribution is 0.224. The number of imidazole rings is 1. The minimum atomic E-state index is -0.274. The number of nitrogens with two attached hydrogens (primary N) is 1. The molecule has 4 N–H and O–H groups in total. The van der Waals surface area contributed by atoms with Crippen molar-refractivity contribution in [3.63, 3.8) is 0 Å². The molecule has 7 heteroatoms. The summed E-state index contributed by atoms with van der Waals surface area (Å²) in [5.41, 5.74) is 7.40. The highest BCUT2D eigenvalue weighted by Crippen LogP contribution is 2.22. The van der Waals surface area contributed by atoms with Gasteiger partial charge in [0.05, 0.1) is 25.6 Å². The summed E-state index contributed by atoms with van der Waals surface area (Å²) in [7, 11) is 0. The van der Waals surface area contributed by atoms with Crippen LogP contribution < -0.4 is 5.73 Å². The molecular weight excluding hydrogens is 234 g/mol. The van der Waals surface area contributed by atoms with Gasteiger partial charge >= 0.3 is 0 Å². The molecule has 2 rings (SSSR count). The lowest BCUT2D eigenvalue weighted by Gasteiger charge is -2.16. The SMILES string of the molecule is C=C(CO)CC(CO)n1cnc2c(N)ncnc21. The Morgan fingerprint density at radius 1 is 1.39 bits per heavy atom. The average molecular weight is 249 g/mol. The molecule has 0 saturated carbocycles. The van der Waals surface area contributed by atoms with Gasteiger partial charge in [-0.1, -0.05) is 12.2 Å². The molecule has 96 valence electrons. The molecule has 1 unspecified atom stereocenters. The van der Waals surface area contributed by atoms with E-state index >= 15 is 0 Å². The van der Waals surface area contributed by atoms with Gasteiger partial charge in [-0.25, -0.2) is 15.0 Å². The predicted molar refractivity (Wildman–Crippen MR) is 66.7 cm³/mol. The first-order valence-electron chi connectivity index (χ1n) is 5.48. The molecule has 1 atom stereocenters. The van der Waals surface area contributed by atoms with Gasteiger partial charge in [0, 0.05) is 0 Å². The normalized spacial score (nSPS) is 12.8. The highest BCUT2D eigenvalue weighted by atomic mass is 16.3. The van der Waals surface area contributed by atoms with Gasteiger partial charge in [-0.15, -0.1) is 0 Å². The fraction of sp³-hybridized carbons (Fsp3) is 0.364. The second-order valence-corrected chi connectivity index (χ2v) is 4.03. The quantitative estimate of drug-likeness (QED) is 0.637. The maximum Gasteiger partial charge on any atom is 0.165 e. The number of aliphatic hydroxyl groups is 2. The van der Waals surface area contributed by atoms with Crippen molar-refractivity contribution in [2.24, 2.45) is 0 Å². The standard InChI is InChI=1S/C11H15N5O2/c1-7(3-17)2-8(4-18)16-6-15-9-10(12)13-5-14-11(9)16/h5-6,8,17-18H,1-4H2,(H2,12,13,14). The van der Waals surface area contributed by atoms with Crippen molar-refractivity contribution in [2.45, 2.75) is 12.5 Å². The molecular formula is C11H15N5O2. The zero-order valence-electron chi connectivity index (χ0n) is 9.82. The van der Waals surface area contributed by atoms with E-state index in [1.54, 1.807) is 10.9 Å². The molecule has 0 bridgehead atoms. The van der Waals surface area contributed by atoms with Crippen LogP contribution in [0.3, 0.4) is 0 Å². The number of hydrogen-bond acceptors (Lipinski definition) is 6. The van der Waals surface area contributed by atoms with Gasteiger partial charge in [0.2, 0.25) is 0 Å². The third-order valence-electron chi connectivity index (χ3n) is 2.74. The van der Waals surface area contributed by atoms with Crippen LogP contribution in [0, 0.1) is 0 Å². The van der Waals surface area contributed by atoms with E-state index in [1.165, 1.54) is 6.33 Å². The van der Waals surface area contributed by atoms with E-state index in [0.29, 0.717) is 29.0 Å². The number of nitrogens with zero attached hydrogens (tertiary/aromatic N) is 4. The zero-order chi connectivity index (χ0) is 13.1. The van der Waals surface area contributed by atoms with Gasteiger partial charge in [-0.3, -0.25) is 0 Å². The number of fused-ring (bicyclic) bond motifs is 1. The molecule has 7 nitrogen and oxygen atoms in total. The summed E-state index contributed by atoms with van der Waals surface area (Å²) >= 11 is 0. The largest absolute Gasteiger partial charge is 0.394 e. The lowest BCUT2D eigenvalue weighted by atomic mass is 10.1. The third kappa shape index (κ3) is 2.18. The zero-order valence-corrected chi connectivity index (χ0v) is 9.82. The highest BCUT2D eigenvalue weighted by molar-refractivity contribution is 5.81. The van der Waals surface area contributed by atoms with Crippen molar-refractivity contribution < 1.29 is 10.2 Å². The molecule has 0 aliphatic carbocycles. The molecule has 18 heavy (non-hydrogen) atoms. The second-order valence-electron chi connectivity index (χ2n) is 4.03. The van der Waals surface area contributed by atoms with E-state index in [9.17, 15) is 5.11 Å². The van der Waals surface area contributed by atoms with E-state index in [2.05, 4.69) is 21.5 Å². The number of nitrogen functional groups attached to an aromatic ring is 1. The van der Waals surface area contributed by atoms with E-state index in [0.717, 1.165) is 0 Å². The fourth-order valence-corrected chi connectivity index (χ4v) is 1.79. The van der Waals surface area contributed by atoms with Crippen LogP contribution in [0.25, 0.3) is 11.2 Å². The van der Waals surface area contributed by atoms with E-state index < -0.39 is 0 Å². The summed E-state index contributed by atoms with van der Waals surface area (Å²) in [6, 6.07) is -0.274. The number of rotatable bonds is 5. The molecule has 2 aromatic rings. The first-order valence-corrected chi connectivity index (χ1v) is 5.48. The van der Waals surface area contributed by atoms with Crippen molar-refractivity contribution in [1.82, 2.24) is 19.5 Å². The van der Waals surface area contributed by atoms with Crippen LogP contribution in [-0.2, 0) is 0 Å². The van der Waals surface area contributed by atoms with Crippen LogP contribution >= 0.6 is 0 Å². The van der Waals surface area contributed by atoms with Crippen molar-refractivity contribution >= 4 is 17.0 Å². The summed E-state index contributed by atoms with van der Waals surface area (Å²) in [6.07, 6.45) is 3.36. The average Bonchev–Trinajstić information content (AvgIpc) is 2.81. The van der Waals surface area contributed by atoms with Gasteiger partial charge in [0.15, 0.2) is 11.5 Å². The Morgan fingerprint density at radius 2 is 2.17 bits per heavy atom. The summed E-state index contributed by atoms with van der Waals surface area (Å²) in [4.78, 5) is 12.1. The summed E-state index contributed by atoms with van der Waals surface area (Å²) < 4.78 is 1.72. The Labute approximate surface area is 104 Å². The maximum absolute atomic E-state index is 9.42. The van der Waals surface area contributed by atoms with E-state index in [4.69, 9.17) is 10.8 Å². The first kappa shape index (κ1) is 12.5. The Bertz CT molecular complexity index is 566. The topological polar surface area (TPSA) is 110 Å². The van der Waals surface area contributed by atoms with Crippen LogP contribution in [0.1, 0.15) is 12.5 Å². The van der Waals surface area contributed by atoms with Gasteiger partial charge in [-0.05, 0) is 6.42 Å². The van der Waals surface area contributed by atoms with Gasteiger partial charge in [0.25, 0.3) is 0 Å². The molecule has 0 aliphatic rings. The number of anilines is 1.